The summed E-state index contributed by atoms with van der Waals surface area (Å²) in [6, 6.07) is 12.1. The molecule has 11 nitrogen and oxygen atoms in total. The molecule has 0 atom stereocenters. The number of carbonyl (C=O) groups is 1. The molecule has 2 aliphatic heterocycles. The van der Waals surface area contributed by atoms with Crippen LogP contribution in [-0.4, -0.2) is 85.3 Å². The summed E-state index contributed by atoms with van der Waals surface area (Å²) in [5.74, 6) is 1.83. The van der Waals surface area contributed by atoms with Crippen molar-refractivity contribution in [3.05, 3.63) is 54.5 Å². The van der Waals surface area contributed by atoms with Gasteiger partial charge in [-0.3, -0.25) is 4.98 Å². The van der Waals surface area contributed by atoms with E-state index in [1.807, 2.05) is 84.7 Å². The number of rotatable bonds is 5. The SMILES string of the molecule is C=O.CC.CC.CC.CN.CN1CCC(c2noc3c(N4CCOCC4)nc(-c4ccc(Nc5cccnc5)cc4)nc23)CC1. The molecule has 1 aromatic carbocycles. The van der Waals surface area contributed by atoms with Gasteiger partial charge in [-0.05, 0) is 76.4 Å². The fourth-order valence-electron chi connectivity index (χ4n) is 4.81. The third-order valence-corrected chi connectivity index (χ3v) is 6.83. The van der Waals surface area contributed by atoms with E-state index in [1.165, 1.54) is 7.05 Å². The number of ether oxygens (including phenoxy) is 1. The summed E-state index contributed by atoms with van der Waals surface area (Å²) in [6.45, 7) is 19.0. The molecule has 45 heavy (non-hydrogen) atoms. The average Bonchev–Trinajstić information content (AvgIpc) is 3.58. The molecule has 0 spiro atoms. The lowest BCUT2D eigenvalue weighted by molar-refractivity contribution is -0.0980. The number of hydrogen-bond donors (Lipinski definition) is 2. The zero-order chi connectivity index (χ0) is 33.6. The minimum absolute atomic E-state index is 0.346. The van der Waals surface area contributed by atoms with Crippen molar-refractivity contribution in [3.8, 4) is 11.4 Å². The Morgan fingerprint density at radius 2 is 1.49 bits per heavy atom. The molecule has 6 rings (SSSR count). The van der Waals surface area contributed by atoms with E-state index in [1.54, 1.807) is 12.4 Å². The van der Waals surface area contributed by atoms with Gasteiger partial charge >= 0.3 is 0 Å². The second kappa shape index (κ2) is 22.6. The van der Waals surface area contributed by atoms with Crippen LogP contribution < -0.4 is 16.0 Å². The van der Waals surface area contributed by atoms with Crippen LogP contribution >= 0.6 is 0 Å². The molecule has 3 aromatic heterocycles. The maximum absolute atomic E-state index is 8.00. The summed E-state index contributed by atoms with van der Waals surface area (Å²) in [5, 5.41) is 7.90. The Bertz CT molecular complexity index is 1300. The van der Waals surface area contributed by atoms with E-state index in [0.717, 1.165) is 73.0 Å². The van der Waals surface area contributed by atoms with Gasteiger partial charge in [0.15, 0.2) is 11.6 Å². The van der Waals surface area contributed by atoms with Crippen LogP contribution in [0.5, 0.6) is 0 Å². The molecule has 0 aliphatic carbocycles. The van der Waals surface area contributed by atoms with Crippen LogP contribution in [0, 0.1) is 0 Å². The lowest BCUT2D eigenvalue weighted by atomic mass is 9.93. The van der Waals surface area contributed by atoms with E-state index in [-0.39, 0.29) is 0 Å². The molecule has 0 radical (unpaired) electrons. The number of fused-ring (bicyclic) bond motifs is 1. The summed E-state index contributed by atoms with van der Waals surface area (Å²) in [4.78, 5) is 26.7. The first kappa shape index (κ1) is 39.1. The number of piperidine rings is 1. The van der Waals surface area contributed by atoms with E-state index >= 15 is 0 Å². The summed E-state index contributed by atoms with van der Waals surface area (Å²) in [6.07, 6.45) is 5.67. The highest BCUT2D eigenvalue weighted by molar-refractivity contribution is 5.88. The standard InChI is InChI=1S/C26H29N7O2.3C2H6.CH5N.CH2O/c1-32-11-8-18(9-12-32)22-23-24(35-31-22)26(33-13-15-34-16-14-33)30-25(29-23)19-4-6-20(7-5-19)28-21-3-2-10-27-17-21;5*1-2/h2-7,10,17-18,28H,8-9,11-16H2,1H3;3*1-2H3;2H2,1H3;1H2. The second-order valence-corrected chi connectivity index (χ2v) is 9.24. The fraction of sp³-hybridized carbons (Fsp3) is 0.500. The van der Waals surface area contributed by atoms with E-state index < -0.39 is 0 Å². The Morgan fingerprint density at radius 3 is 2.07 bits per heavy atom. The largest absolute Gasteiger partial charge is 0.378 e. The molecule has 2 saturated heterocycles. The van der Waals surface area contributed by atoms with Crippen molar-refractivity contribution in [1.29, 1.82) is 0 Å². The van der Waals surface area contributed by atoms with Crippen molar-refractivity contribution < 1.29 is 14.1 Å². The Kier molecular flexibility index (Phi) is 19.6. The number of morpholine rings is 1. The smallest absolute Gasteiger partial charge is 0.227 e. The molecule has 0 amide bonds. The Morgan fingerprint density at radius 1 is 0.867 bits per heavy atom. The lowest BCUT2D eigenvalue weighted by Gasteiger charge is -2.28. The number of nitrogens with zero attached hydrogens (tertiary/aromatic N) is 6. The molecular formula is C34H54N8O3. The molecule has 0 unspecified atom stereocenters. The van der Waals surface area contributed by atoms with E-state index in [2.05, 4.69) is 38.0 Å². The highest BCUT2D eigenvalue weighted by Crippen LogP contribution is 2.36. The highest BCUT2D eigenvalue weighted by atomic mass is 16.5. The third kappa shape index (κ3) is 10.9. The number of benzene rings is 1. The number of nitrogens with two attached hydrogens (primary N) is 1. The summed E-state index contributed by atoms with van der Waals surface area (Å²) < 4.78 is 11.5. The van der Waals surface area contributed by atoms with Gasteiger partial charge in [0.25, 0.3) is 0 Å². The second-order valence-electron chi connectivity index (χ2n) is 9.24. The minimum Gasteiger partial charge on any atom is -0.378 e. The van der Waals surface area contributed by atoms with Crippen molar-refractivity contribution in [3.63, 3.8) is 0 Å². The summed E-state index contributed by atoms with van der Waals surface area (Å²) in [7, 11) is 3.67. The van der Waals surface area contributed by atoms with Crippen LogP contribution in [0.15, 0.2) is 53.3 Å². The van der Waals surface area contributed by atoms with Crippen molar-refractivity contribution in [2.45, 2.75) is 60.3 Å². The first-order valence-electron chi connectivity index (χ1n) is 16.1. The summed E-state index contributed by atoms with van der Waals surface area (Å²) in [5.41, 5.74) is 9.85. The van der Waals surface area contributed by atoms with Gasteiger partial charge in [0.1, 0.15) is 18.0 Å². The molecular weight excluding hydrogens is 568 g/mol. The van der Waals surface area contributed by atoms with Gasteiger partial charge in [0.2, 0.25) is 5.58 Å². The maximum Gasteiger partial charge on any atom is 0.227 e. The van der Waals surface area contributed by atoms with Crippen LogP contribution in [0.1, 0.15) is 66.0 Å². The van der Waals surface area contributed by atoms with E-state index in [4.69, 9.17) is 24.0 Å². The van der Waals surface area contributed by atoms with Crippen LogP contribution in [0.25, 0.3) is 22.5 Å². The molecule has 0 bridgehead atoms. The zero-order valence-corrected chi connectivity index (χ0v) is 28.5. The topological polar surface area (TPSA) is 136 Å². The monoisotopic (exact) mass is 622 g/mol. The van der Waals surface area contributed by atoms with Gasteiger partial charge in [0.05, 0.1) is 25.1 Å². The van der Waals surface area contributed by atoms with Crippen LogP contribution in [0.2, 0.25) is 0 Å². The Balaban J connectivity index is 0.000000926. The van der Waals surface area contributed by atoms with E-state index in [0.29, 0.717) is 30.5 Å². The molecule has 4 aromatic rings. The van der Waals surface area contributed by atoms with Crippen molar-refractivity contribution >= 4 is 35.1 Å². The van der Waals surface area contributed by atoms with Gasteiger partial charge in [-0.1, -0.05) is 46.7 Å². The van der Waals surface area contributed by atoms with Crippen molar-refractivity contribution in [2.24, 2.45) is 5.73 Å². The molecule has 3 N–H and O–H groups in total. The fourth-order valence-corrected chi connectivity index (χ4v) is 4.81. The highest BCUT2D eigenvalue weighted by Gasteiger charge is 2.28. The van der Waals surface area contributed by atoms with Crippen LogP contribution in [0.4, 0.5) is 17.2 Å². The maximum atomic E-state index is 8.00. The molecule has 5 heterocycles. The first-order valence-corrected chi connectivity index (χ1v) is 16.1. The average molecular weight is 623 g/mol. The number of aromatic nitrogens is 4. The van der Waals surface area contributed by atoms with Crippen LogP contribution in [-0.2, 0) is 9.53 Å². The number of nitrogens with one attached hydrogen (secondary N) is 1. The summed E-state index contributed by atoms with van der Waals surface area (Å²) >= 11 is 0. The molecule has 2 aliphatic rings. The number of hydrogen-bond acceptors (Lipinski definition) is 11. The third-order valence-electron chi connectivity index (χ3n) is 6.83. The van der Waals surface area contributed by atoms with Gasteiger partial charge < -0.3 is 34.9 Å². The van der Waals surface area contributed by atoms with Gasteiger partial charge in [-0.15, -0.1) is 0 Å². The quantitative estimate of drug-likeness (QED) is 0.251. The Labute approximate surface area is 269 Å². The van der Waals surface area contributed by atoms with Crippen molar-refractivity contribution in [1.82, 2.24) is 25.0 Å². The lowest BCUT2D eigenvalue weighted by Crippen LogP contribution is -2.37. The minimum atomic E-state index is 0.346. The predicted octanol–water partition coefficient (Wildman–Crippen LogP) is 6.54. The first-order chi connectivity index (χ1) is 22.2. The number of carbonyl (C=O) groups excluding carboxylic acids is 1. The number of pyridine rings is 1. The van der Waals surface area contributed by atoms with Gasteiger partial charge in [0, 0.05) is 36.5 Å². The van der Waals surface area contributed by atoms with Gasteiger partial charge in [-0.2, -0.15) is 0 Å². The molecule has 2 fully saturated rings. The van der Waals surface area contributed by atoms with Crippen LogP contribution in [0.3, 0.4) is 0 Å². The normalized spacial score (nSPS) is 14.4. The number of likely N-dealkylation sites (tertiary alicyclic amines) is 1. The van der Waals surface area contributed by atoms with Crippen molar-refractivity contribution in [2.75, 3.05) is 63.7 Å². The Hall–Kier alpha value is -3.93. The van der Waals surface area contributed by atoms with Gasteiger partial charge in [-0.25, -0.2) is 9.97 Å². The zero-order valence-electron chi connectivity index (χ0n) is 28.5. The molecule has 11 heteroatoms. The number of anilines is 3. The van der Waals surface area contributed by atoms with E-state index in [9.17, 15) is 0 Å². The molecule has 0 saturated carbocycles. The predicted molar refractivity (Wildman–Crippen MR) is 186 cm³/mol. The molecule has 248 valence electrons.